The summed E-state index contributed by atoms with van der Waals surface area (Å²) in [5, 5.41) is 6.54. The molecule has 7 heteroatoms. The molecule has 1 amide bonds. The number of methoxy groups -OCH3 is 1. The number of nitrogens with zero attached hydrogens (tertiary/aromatic N) is 3. The molecular formula is C29H33N5O2. The van der Waals surface area contributed by atoms with Gasteiger partial charge < -0.3 is 15.4 Å². The average Bonchev–Trinajstić information content (AvgIpc) is 3.57. The Morgan fingerprint density at radius 1 is 1.11 bits per heavy atom. The van der Waals surface area contributed by atoms with Gasteiger partial charge in [-0.05, 0) is 68.0 Å². The molecule has 2 N–H and O–H groups in total. The van der Waals surface area contributed by atoms with Crippen molar-refractivity contribution in [2.24, 2.45) is 5.92 Å². The van der Waals surface area contributed by atoms with Crippen LogP contribution in [0.25, 0.3) is 28.2 Å². The lowest BCUT2D eigenvalue weighted by Crippen LogP contribution is -2.25. The van der Waals surface area contributed by atoms with Crippen LogP contribution in [0.2, 0.25) is 0 Å². The maximum atomic E-state index is 12.4. The van der Waals surface area contributed by atoms with Crippen LogP contribution in [-0.2, 0) is 0 Å². The van der Waals surface area contributed by atoms with Gasteiger partial charge in [0.25, 0.3) is 5.91 Å². The number of anilines is 1. The van der Waals surface area contributed by atoms with Gasteiger partial charge in [-0.1, -0.05) is 26.0 Å². The van der Waals surface area contributed by atoms with Gasteiger partial charge in [0.2, 0.25) is 0 Å². The van der Waals surface area contributed by atoms with Crippen LogP contribution in [0, 0.1) is 19.8 Å². The lowest BCUT2D eigenvalue weighted by Gasteiger charge is -2.15. The molecule has 4 aromatic rings. The number of benzene rings is 2. The largest absolute Gasteiger partial charge is 0.496 e. The lowest BCUT2D eigenvalue weighted by molar-refractivity contribution is 0.0951. The zero-order chi connectivity index (χ0) is 25.4. The highest BCUT2D eigenvalue weighted by Gasteiger charge is 2.24. The maximum Gasteiger partial charge on any atom is 0.251 e. The summed E-state index contributed by atoms with van der Waals surface area (Å²) in [6.07, 6.45) is 6.04. The van der Waals surface area contributed by atoms with Crippen LogP contribution in [0.3, 0.4) is 0 Å². The molecule has 0 spiro atoms. The Morgan fingerprint density at radius 3 is 2.42 bits per heavy atom. The van der Waals surface area contributed by atoms with E-state index in [0.29, 0.717) is 17.5 Å². The first-order chi connectivity index (χ1) is 17.3. The van der Waals surface area contributed by atoms with Crippen LogP contribution in [0.5, 0.6) is 5.75 Å². The molecule has 0 bridgehead atoms. The second kappa shape index (κ2) is 9.64. The van der Waals surface area contributed by atoms with Crippen molar-refractivity contribution in [2.45, 2.75) is 46.6 Å². The maximum absolute atomic E-state index is 12.4. The molecule has 0 saturated heterocycles. The highest BCUT2D eigenvalue weighted by atomic mass is 16.5. The van der Waals surface area contributed by atoms with Crippen molar-refractivity contribution in [3.63, 3.8) is 0 Å². The Hall–Kier alpha value is -3.87. The molecule has 2 heterocycles. The summed E-state index contributed by atoms with van der Waals surface area (Å²) >= 11 is 0. The van der Waals surface area contributed by atoms with Crippen LogP contribution in [-0.4, -0.2) is 40.0 Å². The number of fused-ring (bicyclic) bond motifs is 1. The number of aryl methyl sites for hydroxylation is 2. The van der Waals surface area contributed by atoms with Crippen LogP contribution >= 0.6 is 0 Å². The molecule has 1 saturated carbocycles. The molecule has 0 atom stereocenters. The monoisotopic (exact) mass is 483 g/mol. The van der Waals surface area contributed by atoms with Gasteiger partial charge in [-0.15, -0.1) is 0 Å². The fourth-order valence-electron chi connectivity index (χ4n) is 4.47. The van der Waals surface area contributed by atoms with E-state index in [4.69, 9.17) is 14.7 Å². The van der Waals surface area contributed by atoms with E-state index < -0.39 is 0 Å². The van der Waals surface area contributed by atoms with Gasteiger partial charge in [-0.3, -0.25) is 9.20 Å². The molecule has 186 valence electrons. The highest BCUT2D eigenvalue weighted by molar-refractivity contribution is 5.95. The fraction of sp³-hybridized carbons (Fsp3) is 0.345. The second-order valence-corrected chi connectivity index (χ2v) is 10.1. The summed E-state index contributed by atoms with van der Waals surface area (Å²) in [6, 6.07) is 12.3. The first-order valence-corrected chi connectivity index (χ1v) is 12.5. The predicted octanol–water partition coefficient (Wildman–Crippen LogP) is 5.65. The van der Waals surface area contributed by atoms with E-state index >= 15 is 0 Å². The van der Waals surface area contributed by atoms with Crippen molar-refractivity contribution >= 4 is 17.4 Å². The third kappa shape index (κ3) is 4.78. The molecule has 2 aromatic carbocycles. The Kier molecular flexibility index (Phi) is 6.39. The van der Waals surface area contributed by atoms with Crippen molar-refractivity contribution in [1.29, 1.82) is 0 Å². The van der Waals surface area contributed by atoms with Crippen molar-refractivity contribution < 1.29 is 9.53 Å². The number of nitrogens with one attached hydrogen (secondary N) is 2. The number of amides is 1. The number of carbonyl (C=O) groups is 1. The predicted molar refractivity (Wildman–Crippen MR) is 144 cm³/mol. The molecule has 1 aliphatic rings. The van der Waals surface area contributed by atoms with Gasteiger partial charge in [0.05, 0.1) is 24.7 Å². The Labute approximate surface area is 211 Å². The normalized spacial score (nSPS) is 13.3. The Morgan fingerprint density at radius 2 is 1.81 bits per heavy atom. The summed E-state index contributed by atoms with van der Waals surface area (Å²) in [6.45, 7) is 9.23. The number of hydrogen-bond donors (Lipinski definition) is 2. The molecule has 0 radical (unpaired) electrons. The molecule has 1 fully saturated rings. The minimum Gasteiger partial charge on any atom is -0.496 e. The first-order valence-electron chi connectivity index (χ1n) is 12.5. The fourth-order valence-corrected chi connectivity index (χ4v) is 4.47. The van der Waals surface area contributed by atoms with Crippen molar-refractivity contribution in [3.05, 3.63) is 65.5 Å². The van der Waals surface area contributed by atoms with Gasteiger partial charge >= 0.3 is 0 Å². The van der Waals surface area contributed by atoms with E-state index in [1.165, 1.54) is 0 Å². The standard InChI is InChI=1S/C29H33N5O2/c1-17(2)14-30-27-28-31-15-25(20-6-8-21(9-7-20)29(35)32-23-10-11-23)34(28)16-24(33-27)22-12-18(3)26(36-5)19(4)13-22/h6-9,12-13,15-17,23H,10-11,14H2,1-5H3,(H,30,33)(H,32,35). The van der Waals surface area contributed by atoms with Gasteiger partial charge in [0, 0.05) is 35.5 Å². The molecule has 1 aliphatic carbocycles. The van der Waals surface area contributed by atoms with Gasteiger partial charge in [0.15, 0.2) is 11.5 Å². The smallest absolute Gasteiger partial charge is 0.251 e. The summed E-state index contributed by atoms with van der Waals surface area (Å²) in [5.41, 5.74) is 7.37. The number of hydrogen-bond acceptors (Lipinski definition) is 5. The molecule has 7 nitrogen and oxygen atoms in total. The van der Waals surface area contributed by atoms with Gasteiger partial charge in [-0.2, -0.15) is 0 Å². The SMILES string of the molecule is COc1c(C)cc(-c2cn3c(-c4ccc(C(=O)NC5CC5)cc4)cnc3c(NCC(C)C)n2)cc1C. The van der Waals surface area contributed by atoms with E-state index in [0.717, 1.165) is 70.2 Å². The van der Waals surface area contributed by atoms with Gasteiger partial charge in [0.1, 0.15) is 5.75 Å². The zero-order valence-corrected chi connectivity index (χ0v) is 21.6. The minimum absolute atomic E-state index is 0.0147. The zero-order valence-electron chi connectivity index (χ0n) is 21.6. The van der Waals surface area contributed by atoms with E-state index in [2.05, 4.69) is 54.9 Å². The lowest BCUT2D eigenvalue weighted by atomic mass is 10.0. The van der Waals surface area contributed by atoms with E-state index in [9.17, 15) is 4.79 Å². The van der Waals surface area contributed by atoms with E-state index in [1.807, 2.05) is 36.7 Å². The van der Waals surface area contributed by atoms with Crippen LogP contribution < -0.4 is 15.4 Å². The molecule has 36 heavy (non-hydrogen) atoms. The molecule has 2 aromatic heterocycles. The Balaban J connectivity index is 1.58. The number of aromatic nitrogens is 3. The molecule has 0 aliphatic heterocycles. The average molecular weight is 484 g/mol. The third-order valence-electron chi connectivity index (χ3n) is 6.49. The van der Waals surface area contributed by atoms with Crippen LogP contribution in [0.1, 0.15) is 48.2 Å². The topological polar surface area (TPSA) is 80.5 Å². The molecular weight excluding hydrogens is 450 g/mol. The van der Waals surface area contributed by atoms with Crippen LogP contribution in [0.4, 0.5) is 5.82 Å². The quantitative estimate of drug-likeness (QED) is 0.339. The third-order valence-corrected chi connectivity index (χ3v) is 6.49. The van der Waals surface area contributed by atoms with Crippen LogP contribution in [0.15, 0.2) is 48.8 Å². The minimum atomic E-state index is -0.0147. The van der Waals surface area contributed by atoms with Crippen molar-refractivity contribution in [2.75, 3.05) is 19.0 Å². The summed E-state index contributed by atoms with van der Waals surface area (Å²) in [4.78, 5) is 22.1. The summed E-state index contributed by atoms with van der Waals surface area (Å²) in [7, 11) is 1.70. The molecule has 0 unspecified atom stereocenters. The Bertz CT molecular complexity index is 1390. The highest BCUT2D eigenvalue weighted by Crippen LogP contribution is 2.32. The van der Waals surface area contributed by atoms with E-state index in [1.54, 1.807) is 7.11 Å². The first kappa shape index (κ1) is 23.9. The van der Waals surface area contributed by atoms with E-state index in [-0.39, 0.29) is 5.91 Å². The number of rotatable bonds is 8. The van der Waals surface area contributed by atoms with Gasteiger partial charge in [-0.25, -0.2) is 9.97 Å². The summed E-state index contributed by atoms with van der Waals surface area (Å²) in [5.74, 6) is 2.09. The number of carbonyl (C=O) groups excluding carboxylic acids is 1. The number of imidazole rings is 1. The van der Waals surface area contributed by atoms with Crippen molar-refractivity contribution in [3.8, 4) is 28.3 Å². The van der Waals surface area contributed by atoms with Crippen molar-refractivity contribution in [1.82, 2.24) is 19.7 Å². The molecule has 5 rings (SSSR count). The summed E-state index contributed by atoms with van der Waals surface area (Å²) < 4.78 is 7.65. The second-order valence-electron chi connectivity index (χ2n) is 10.1. The number of ether oxygens (including phenoxy) is 1.